The molecule has 0 aliphatic carbocycles. The zero-order valence-corrected chi connectivity index (χ0v) is 12.0. The quantitative estimate of drug-likeness (QED) is 0.803. The van der Waals surface area contributed by atoms with Crippen molar-refractivity contribution < 1.29 is 4.79 Å². The van der Waals surface area contributed by atoms with Gasteiger partial charge in [0, 0.05) is 25.8 Å². The smallest absolute Gasteiger partial charge is 0.253 e. The number of nitrogens with two attached hydrogens (primary N) is 1. The molecular formula is C15H23N3O. The molecule has 1 aliphatic rings. The van der Waals surface area contributed by atoms with Gasteiger partial charge < -0.3 is 16.0 Å². The zero-order chi connectivity index (χ0) is 14.0. The second kappa shape index (κ2) is 5.11. The van der Waals surface area contributed by atoms with Gasteiger partial charge in [0.1, 0.15) is 0 Å². The molecule has 1 aromatic carbocycles. The van der Waals surface area contributed by atoms with E-state index in [1.54, 1.807) is 13.1 Å². The van der Waals surface area contributed by atoms with Crippen LogP contribution in [-0.4, -0.2) is 26.0 Å². The Morgan fingerprint density at radius 2 is 2.16 bits per heavy atom. The van der Waals surface area contributed by atoms with E-state index in [4.69, 9.17) is 5.73 Å². The van der Waals surface area contributed by atoms with E-state index in [0.29, 0.717) is 11.3 Å². The number of nitrogens with zero attached hydrogens (tertiary/aromatic N) is 1. The highest BCUT2D eigenvalue weighted by Crippen LogP contribution is 2.33. The maximum Gasteiger partial charge on any atom is 0.253 e. The molecule has 1 heterocycles. The van der Waals surface area contributed by atoms with Crippen molar-refractivity contribution in [2.75, 3.05) is 30.8 Å². The molecule has 4 nitrogen and oxygen atoms in total. The Morgan fingerprint density at radius 3 is 2.79 bits per heavy atom. The molecule has 2 rings (SSSR count). The van der Waals surface area contributed by atoms with Gasteiger partial charge in [-0.1, -0.05) is 13.8 Å². The lowest BCUT2D eigenvalue weighted by Crippen LogP contribution is -2.41. The molecule has 19 heavy (non-hydrogen) atoms. The summed E-state index contributed by atoms with van der Waals surface area (Å²) in [7, 11) is 1.66. The van der Waals surface area contributed by atoms with Gasteiger partial charge >= 0.3 is 0 Å². The van der Waals surface area contributed by atoms with Crippen molar-refractivity contribution in [2.45, 2.75) is 26.7 Å². The van der Waals surface area contributed by atoms with E-state index in [0.717, 1.165) is 25.2 Å². The largest absolute Gasteiger partial charge is 0.399 e. The third-order valence-electron chi connectivity index (χ3n) is 3.73. The number of rotatable bonds is 2. The first-order valence-electron chi connectivity index (χ1n) is 6.79. The fourth-order valence-corrected chi connectivity index (χ4v) is 2.77. The number of anilines is 2. The average Bonchev–Trinajstić information content (AvgIpc) is 2.36. The first kappa shape index (κ1) is 13.7. The Morgan fingerprint density at radius 1 is 1.42 bits per heavy atom. The number of carbonyl (C=O) groups is 1. The number of hydrogen-bond acceptors (Lipinski definition) is 3. The van der Waals surface area contributed by atoms with Gasteiger partial charge in [0.25, 0.3) is 5.91 Å². The molecule has 1 fully saturated rings. The minimum absolute atomic E-state index is 0.0571. The fourth-order valence-electron chi connectivity index (χ4n) is 2.77. The van der Waals surface area contributed by atoms with Gasteiger partial charge in [0.2, 0.25) is 0 Å². The van der Waals surface area contributed by atoms with E-state index < -0.39 is 0 Å². The van der Waals surface area contributed by atoms with Crippen LogP contribution < -0.4 is 16.0 Å². The summed E-state index contributed by atoms with van der Waals surface area (Å²) >= 11 is 0. The van der Waals surface area contributed by atoms with Crippen LogP contribution in [-0.2, 0) is 0 Å². The van der Waals surface area contributed by atoms with Crippen LogP contribution in [0.2, 0.25) is 0 Å². The summed E-state index contributed by atoms with van der Waals surface area (Å²) in [6.45, 7) is 6.48. The number of nitrogens with one attached hydrogen (secondary N) is 1. The van der Waals surface area contributed by atoms with Crippen LogP contribution in [0.3, 0.4) is 0 Å². The molecule has 0 saturated carbocycles. The third-order valence-corrected chi connectivity index (χ3v) is 3.73. The summed E-state index contributed by atoms with van der Waals surface area (Å²) < 4.78 is 0. The molecule has 0 bridgehead atoms. The SMILES string of the molecule is CNC(=O)c1ccc(N)cc1N1CCCC(C)(C)C1. The fraction of sp³-hybridized carbons (Fsp3) is 0.533. The summed E-state index contributed by atoms with van der Waals surface area (Å²) in [4.78, 5) is 14.3. The highest BCUT2D eigenvalue weighted by Gasteiger charge is 2.28. The molecular weight excluding hydrogens is 238 g/mol. The normalized spacial score (nSPS) is 18.2. The molecule has 0 spiro atoms. The second-order valence-electron chi connectivity index (χ2n) is 6.05. The van der Waals surface area contributed by atoms with Gasteiger partial charge in [0.05, 0.1) is 11.3 Å². The van der Waals surface area contributed by atoms with Gasteiger partial charge in [0.15, 0.2) is 0 Å². The summed E-state index contributed by atoms with van der Waals surface area (Å²) in [5.74, 6) is -0.0571. The van der Waals surface area contributed by atoms with Crippen LogP contribution in [0.25, 0.3) is 0 Å². The minimum Gasteiger partial charge on any atom is -0.399 e. The standard InChI is InChI=1S/C15H23N3O/c1-15(2)7-4-8-18(10-15)13-9-11(16)5-6-12(13)14(19)17-3/h5-6,9H,4,7-8,10,16H2,1-3H3,(H,17,19). The zero-order valence-electron chi connectivity index (χ0n) is 12.0. The number of hydrogen-bond donors (Lipinski definition) is 2. The summed E-state index contributed by atoms with van der Waals surface area (Å²) in [6.07, 6.45) is 2.37. The van der Waals surface area contributed by atoms with Gasteiger partial charge in [-0.15, -0.1) is 0 Å². The topological polar surface area (TPSA) is 58.4 Å². The van der Waals surface area contributed by atoms with Crippen LogP contribution >= 0.6 is 0 Å². The monoisotopic (exact) mass is 261 g/mol. The van der Waals surface area contributed by atoms with Gasteiger partial charge in [-0.05, 0) is 36.5 Å². The average molecular weight is 261 g/mol. The summed E-state index contributed by atoms with van der Waals surface area (Å²) in [6, 6.07) is 5.50. The Balaban J connectivity index is 2.37. The summed E-state index contributed by atoms with van der Waals surface area (Å²) in [5.41, 5.74) is 8.52. The Labute approximate surface area is 115 Å². The van der Waals surface area contributed by atoms with Crippen LogP contribution in [0.15, 0.2) is 18.2 Å². The summed E-state index contributed by atoms with van der Waals surface area (Å²) in [5, 5.41) is 2.69. The van der Waals surface area contributed by atoms with Gasteiger partial charge in [-0.25, -0.2) is 0 Å². The van der Waals surface area contributed by atoms with Crippen LogP contribution in [0.1, 0.15) is 37.0 Å². The van der Waals surface area contributed by atoms with Gasteiger partial charge in [-0.2, -0.15) is 0 Å². The number of piperidine rings is 1. The molecule has 3 N–H and O–H groups in total. The molecule has 1 aliphatic heterocycles. The third kappa shape index (κ3) is 3.00. The van der Waals surface area contributed by atoms with Crippen molar-refractivity contribution >= 4 is 17.3 Å². The molecule has 104 valence electrons. The first-order valence-corrected chi connectivity index (χ1v) is 6.79. The van der Waals surface area contributed by atoms with Crippen molar-refractivity contribution in [3.8, 4) is 0 Å². The van der Waals surface area contributed by atoms with Gasteiger partial charge in [-0.3, -0.25) is 4.79 Å². The van der Waals surface area contributed by atoms with Crippen LogP contribution in [0, 0.1) is 5.41 Å². The Kier molecular flexibility index (Phi) is 3.69. The predicted molar refractivity (Wildman–Crippen MR) is 79.5 cm³/mol. The van der Waals surface area contributed by atoms with Crippen molar-refractivity contribution in [1.29, 1.82) is 0 Å². The minimum atomic E-state index is -0.0571. The second-order valence-corrected chi connectivity index (χ2v) is 6.05. The van der Waals surface area contributed by atoms with Crippen molar-refractivity contribution in [2.24, 2.45) is 5.41 Å². The van der Waals surface area contributed by atoms with Crippen molar-refractivity contribution in [3.05, 3.63) is 23.8 Å². The Bertz CT molecular complexity index is 482. The molecule has 1 aromatic rings. The number of nitrogen functional groups attached to an aromatic ring is 1. The molecule has 4 heteroatoms. The Hall–Kier alpha value is -1.71. The van der Waals surface area contributed by atoms with E-state index in [-0.39, 0.29) is 11.3 Å². The number of benzene rings is 1. The molecule has 1 amide bonds. The molecule has 0 radical (unpaired) electrons. The van der Waals surface area contributed by atoms with E-state index in [1.165, 1.54) is 6.42 Å². The molecule has 0 aromatic heterocycles. The number of carbonyl (C=O) groups excluding carboxylic acids is 1. The molecule has 0 unspecified atom stereocenters. The highest BCUT2D eigenvalue weighted by atomic mass is 16.1. The molecule has 1 saturated heterocycles. The van der Waals surface area contributed by atoms with E-state index in [2.05, 4.69) is 24.1 Å². The van der Waals surface area contributed by atoms with E-state index in [1.807, 2.05) is 12.1 Å². The first-order chi connectivity index (χ1) is 8.93. The van der Waals surface area contributed by atoms with Crippen LogP contribution in [0.5, 0.6) is 0 Å². The lowest BCUT2D eigenvalue weighted by molar-refractivity contribution is 0.0963. The van der Waals surface area contributed by atoms with Crippen molar-refractivity contribution in [1.82, 2.24) is 5.32 Å². The highest BCUT2D eigenvalue weighted by molar-refractivity contribution is 6.00. The van der Waals surface area contributed by atoms with Crippen LogP contribution in [0.4, 0.5) is 11.4 Å². The predicted octanol–water partition coefficient (Wildman–Crippen LogP) is 2.25. The van der Waals surface area contributed by atoms with E-state index in [9.17, 15) is 4.79 Å². The lowest BCUT2D eigenvalue weighted by atomic mass is 9.84. The number of amides is 1. The van der Waals surface area contributed by atoms with E-state index >= 15 is 0 Å². The molecule has 0 atom stereocenters. The lowest BCUT2D eigenvalue weighted by Gasteiger charge is -2.40. The van der Waals surface area contributed by atoms with Crippen molar-refractivity contribution in [3.63, 3.8) is 0 Å². The maximum absolute atomic E-state index is 12.0. The maximum atomic E-state index is 12.0.